The molecule has 0 nitrogen and oxygen atoms in total. The molecule has 0 amide bonds. The van der Waals surface area contributed by atoms with Gasteiger partial charge in [-0.25, -0.2) is 0 Å². The Bertz CT molecular complexity index is 301. The van der Waals surface area contributed by atoms with E-state index >= 15 is 0 Å². The quantitative estimate of drug-likeness (QED) is 0.471. The summed E-state index contributed by atoms with van der Waals surface area (Å²) in [6.45, 7) is 23.7. The van der Waals surface area contributed by atoms with Crippen LogP contribution in [0, 0.1) is 5.92 Å². The van der Waals surface area contributed by atoms with Crippen LogP contribution >= 0.6 is 0 Å². The molecule has 0 spiro atoms. The Morgan fingerprint density at radius 2 is 1.41 bits per heavy atom. The topological polar surface area (TPSA) is 0 Å². The van der Waals surface area contributed by atoms with Crippen molar-refractivity contribution in [1.82, 2.24) is 0 Å². The summed E-state index contributed by atoms with van der Waals surface area (Å²) < 4.78 is 0.738. The average Bonchev–Trinajstić information content (AvgIpc) is 1.95. The van der Waals surface area contributed by atoms with E-state index in [9.17, 15) is 0 Å². The van der Waals surface area contributed by atoms with Crippen LogP contribution in [0.15, 0.2) is 12.2 Å². The Balaban J connectivity index is 3.56. The van der Waals surface area contributed by atoms with Gasteiger partial charge in [0.2, 0.25) is 0 Å². The summed E-state index contributed by atoms with van der Waals surface area (Å²) in [6, 6.07) is 1.41. The molecule has 0 N–H and O–H groups in total. The van der Waals surface area contributed by atoms with Gasteiger partial charge >= 0.3 is 0 Å². The normalized spacial score (nSPS) is 28.2. The molecule has 0 saturated heterocycles. The van der Waals surface area contributed by atoms with E-state index in [-0.39, 0.29) is 0 Å². The summed E-state index contributed by atoms with van der Waals surface area (Å²) in [7, 11) is -3.50. The zero-order valence-corrected chi connectivity index (χ0v) is 16.4. The first-order valence-electron chi connectivity index (χ1n) is 7.04. The molecule has 3 heteroatoms. The third-order valence-electron chi connectivity index (χ3n) is 5.17. The molecule has 17 heavy (non-hydrogen) atoms. The van der Waals surface area contributed by atoms with Gasteiger partial charge < -0.3 is 0 Å². The lowest BCUT2D eigenvalue weighted by molar-refractivity contribution is 0.657. The molecule has 0 aromatic heterocycles. The third-order valence-corrected chi connectivity index (χ3v) is 27.7. The minimum absolute atomic E-state index is 0.738. The van der Waals surface area contributed by atoms with E-state index in [1.54, 1.807) is 0 Å². The predicted octanol–water partition coefficient (Wildman–Crippen LogP) is 5.40. The van der Waals surface area contributed by atoms with Crippen molar-refractivity contribution in [3.05, 3.63) is 12.2 Å². The number of hydrogen-bond acceptors (Lipinski definition) is 0. The van der Waals surface area contributed by atoms with Gasteiger partial charge in [0.25, 0.3) is 0 Å². The largest absolute Gasteiger partial charge is 0.0909 e. The van der Waals surface area contributed by atoms with Crippen LogP contribution < -0.4 is 0 Å². The molecule has 0 saturated carbocycles. The van der Waals surface area contributed by atoms with Crippen LogP contribution in [-0.4, -0.2) is 24.2 Å². The van der Waals surface area contributed by atoms with Crippen molar-refractivity contribution in [3.63, 3.8) is 0 Å². The Hall–Kier alpha value is 0.391. The van der Waals surface area contributed by atoms with Gasteiger partial charge in [0.05, 0.1) is 8.07 Å². The summed E-state index contributed by atoms with van der Waals surface area (Å²) in [5, 5.41) is 0. The van der Waals surface area contributed by atoms with E-state index in [1.165, 1.54) is 6.04 Å². The van der Waals surface area contributed by atoms with Crippen LogP contribution in [0.1, 0.15) is 6.92 Å². The number of hydrogen-bond donors (Lipinski definition) is 0. The molecule has 1 unspecified atom stereocenters. The van der Waals surface area contributed by atoms with Crippen molar-refractivity contribution in [3.8, 4) is 0 Å². The minimum atomic E-state index is -1.17. The van der Waals surface area contributed by atoms with Crippen LogP contribution in [0.2, 0.25) is 62.7 Å². The van der Waals surface area contributed by atoms with Crippen molar-refractivity contribution >= 4 is 24.2 Å². The maximum atomic E-state index is 2.67. The summed E-state index contributed by atoms with van der Waals surface area (Å²) in [5.74, 6) is 0.816. The highest BCUT2D eigenvalue weighted by atomic mass is 28.5. The number of rotatable bonds is 2. The van der Waals surface area contributed by atoms with Gasteiger partial charge in [0, 0.05) is 16.1 Å². The monoisotopic (exact) mass is 284 g/mol. The van der Waals surface area contributed by atoms with Crippen LogP contribution in [0.5, 0.6) is 0 Å². The average molecular weight is 285 g/mol. The lowest BCUT2D eigenvalue weighted by Crippen LogP contribution is -2.69. The fraction of sp³-hybridized carbons (Fsp3) is 0.857. The Labute approximate surface area is 112 Å². The molecule has 0 aromatic rings. The van der Waals surface area contributed by atoms with Gasteiger partial charge in [-0.1, -0.05) is 71.5 Å². The minimum Gasteiger partial charge on any atom is -0.0909 e. The van der Waals surface area contributed by atoms with E-state index in [4.69, 9.17) is 0 Å². The van der Waals surface area contributed by atoms with Crippen molar-refractivity contribution in [2.45, 2.75) is 69.6 Å². The maximum Gasteiger partial charge on any atom is 0.0526 e. The van der Waals surface area contributed by atoms with Gasteiger partial charge in [-0.15, -0.1) is 0 Å². The molecular weight excluding hydrogens is 252 g/mol. The van der Waals surface area contributed by atoms with Crippen molar-refractivity contribution in [1.29, 1.82) is 0 Å². The second-order valence-electron chi connectivity index (χ2n) is 8.61. The highest BCUT2D eigenvalue weighted by Gasteiger charge is 2.63. The van der Waals surface area contributed by atoms with E-state index in [0.717, 1.165) is 10.2 Å². The zero-order chi connectivity index (χ0) is 13.7. The molecule has 0 aromatic carbocycles. The highest BCUT2D eigenvalue weighted by molar-refractivity contribution is 7.15. The predicted molar refractivity (Wildman–Crippen MR) is 90.0 cm³/mol. The van der Waals surface area contributed by atoms with Gasteiger partial charge in [0.1, 0.15) is 0 Å². The van der Waals surface area contributed by atoms with Crippen LogP contribution in [-0.2, 0) is 0 Å². The second-order valence-corrected chi connectivity index (χ2v) is 25.7. The highest BCUT2D eigenvalue weighted by Crippen LogP contribution is 2.61. The van der Waals surface area contributed by atoms with Crippen LogP contribution in [0.3, 0.4) is 0 Å². The van der Waals surface area contributed by atoms with Gasteiger partial charge in [-0.2, -0.15) is 0 Å². The molecule has 0 bridgehead atoms. The maximum absolute atomic E-state index is 2.67. The van der Waals surface area contributed by atoms with Crippen LogP contribution in [0.4, 0.5) is 0 Å². The third kappa shape index (κ3) is 2.08. The number of allylic oxidation sites excluding steroid dienone is 2. The first kappa shape index (κ1) is 15.4. The first-order chi connectivity index (χ1) is 7.38. The van der Waals surface area contributed by atoms with Gasteiger partial charge in [-0.3, -0.25) is 0 Å². The summed E-state index contributed by atoms with van der Waals surface area (Å²) in [6.07, 6.45) is 5.05. The van der Waals surface area contributed by atoms with Gasteiger partial charge in [0.15, 0.2) is 0 Å². The molecule has 1 aliphatic heterocycles. The van der Waals surface area contributed by atoms with E-state index in [2.05, 4.69) is 71.5 Å². The SMILES string of the molecule is CC1C=CC[Si](C)(C)C1([Si](C)(C)C)[Si](C)(C)C. The molecule has 1 atom stereocenters. The van der Waals surface area contributed by atoms with Crippen molar-refractivity contribution < 1.29 is 0 Å². The van der Waals surface area contributed by atoms with Gasteiger partial charge in [-0.05, 0) is 16.2 Å². The van der Waals surface area contributed by atoms with E-state index in [1.807, 2.05) is 0 Å². The fourth-order valence-electron chi connectivity index (χ4n) is 6.01. The molecule has 0 radical (unpaired) electrons. The molecule has 1 heterocycles. The summed E-state index contributed by atoms with van der Waals surface area (Å²) >= 11 is 0. The van der Waals surface area contributed by atoms with E-state index in [0.29, 0.717) is 0 Å². The lowest BCUT2D eigenvalue weighted by atomic mass is 10.2. The fourth-order valence-corrected chi connectivity index (χ4v) is 37.2. The lowest BCUT2D eigenvalue weighted by Gasteiger charge is -2.64. The standard InChI is InChI=1S/C14H32Si3/c1-13-11-10-12-17(8,9)14(13,15(2,3)4)16(5,6)7/h10-11,13H,12H2,1-9H3. The zero-order valence-electron chi connectivity index (χ0n) is 13.4. The Kier molecular flexibility index (Phi) is 3.82. The van der Waals surface area contributed by atoms with Crippen LogP contribution in [0.25, 0.3) is 0 Å². The summed E-state index contributed by atoms with van der Waals surface area (Å²) in [5.41, 5.74) is 0. The molecular formula is C14H32Si3. The Morgan fingerprint density at radius 3 is 1.65 bits per heavy atom. The first-order valence-corrected chi connectivity index (χ1v) is 17.3. The summed E-state index contributed by atoms with van der Waals surface area (Å²) in [4.78, 5) is 0. The smallest absolute Gasteiger partial charge is 0.0526 e. The van der Waals surface area contributed by atoms with E-state index < -0.39 is 24.2 Å². The second kappa shape index (κ2) is 4.20. The van der Waals surface area contributed by atoms with Crippen molar-refractivity contribution in [2.24, 2.45) is 5.92 Å². The molecule has 0 fully saturated rings. The van der Waals surface area contributed by atoms with Crippen molar-refractivity contribution in [2.75, 3.05) is 0 Å². The Morgan fingerprint density at radius 1 is 1.00 bits per heavy atom. The molecule has 0 aliphatic carbocycles. The molecule has 100 valence electrons. The molecule has 1 rings (SSSR count). The molecule has 1 aliphatic rings.